The summed E-state index contributed by atoms with van der Waals surface area (Å²) in [5.41, 5.74) is 6.45. The topological polar surface area (TPSA) is 51.8 Å². The maximum absolute atomic E-state index is 13.0. The molecule has 2 rings (SSSR count). The van der Waals surface area contributed by atoms with Crippen molar-refractivity contribution in [2.24, 2.45) is 5.73 Å². The quantitative estimate of drug-likeness (QED) is 0.844. The first kappa shape index (κ1) is 12.0. The van der Waals surface area contributed by atoms with Gasteiger partial charge >= 0.3 is 0 Å². The van der Waals surface area contributed by atoms with Gasteiger partial charge in [0.2, 0.25) is 0 Å². The molecule has 0 aliphatic heterocycles. The summed E-state index contributed by atoms with van der Waals surface area (Å²) in [5.74, 6) is -0.255. The molecule has 88 valence electrons. The first-order chi connectivity index (χ1) is 8.28. The largest absolute Gasteiger partial charge is 0.330 e. The Morgan fingerprint density at radius 3 is 2.65 bits per heavy atom. The van der Waals surface area contributed by atoms with Gasteiger partial charge in [-0.3, -0.25) is 0 Å². The van der Waals surface area contributed by atoms with E-state index in [1.807, 2.05) is 6.07 Å². The molecule has 1 heterocycles. The van der Waals surface area contributed by atoms with Crippen LogP contribution in [0.1, 0.15) is 5.56 Å². The lowest BCUT2D eigenvalue weighted by Crippen LogP contribution is -2.03. The average molecular weight is 249 g/mol. The van der Waals surface area contributed by atoms with E-state index in [1.54, 1.807) is 18.5 Å². The summed E-state index contributed by atoms with van der Waals surface area (Å²) in [6.45, 7) is 0.583. The maximum Gasteiger partial charge on any atom is 0.192 e. The molecule has 17 heavy (non-hydrogen) atoms. The van der Waals surface area contributed by atoms with Gasteiger partial charge in [-0.15, -0.1) is 0 Å². The molecule has 0 unspecified atom stereocenters. The van der Waals surface area contributed by atoms with Crippen LogP contribution >= 0.6 is 11.8 Å². The molecule has 0 fully saturated rings. The fourth-order valence-electron chi connectivity index (χ4n) is 1.33. The van der Waals surface area contributed by atoms with Crippen LogP contribution in [0.4, 0.5) is 4.39 Å². The first-order valence-electron chi connectivity index (χ1n) is 5.22. The van der Waals surface area contributed by atoms with E-state index in [0.717, 1.165) is 16.9 Å². The molecule has 0 aliphatic carbocycles. The Hall–Kier alpha value is -1.46. The molecular weight excluding hydrogens is 237 g/mol. The molecule has 2 aromatic rings. The summed E-state index contributed by atoms with van der Waals surface area (Å²) in [6.07, 6.45) is 4.27. The lowest BCUT2D eigenvalue weighted by molar-refractivity contribution is 0.624. The monoisotopic (exact) mass is 249 g/mol. The van der Waals surface area contributed by atoms with Crippen molar-refractivity contribution in [3.05, 3.63) is 48.0 Å². The summed E-state index contributed by atoms with van der Waals surface area (Å²) in [6, 6.07) is 6.36. The molecule has 2 N–H and O–H groups in total. The van der Waals surface area contributed by atoms with E-state index in [4.69, 9.17) is 5.73 Å². The zero-order valence-electron chi connectivity index (χ0n) is 9.14. The second-order valence-electron chi connectivity index (χ2n) is 3.47. The first-order valence-corrected chi connectivity index (χ1v) is 6.04. The lowest BCUT2D eigenvalue weighted by Gasteiger charge is -2.01. The van der Waals surface area contributed by atoms with Gasteiger partial charge in [-0.2, -0.15) is 0 Å². The van der Waals surface area contributed by atoms with Crippen molar-refractivity contribution < 1.29 is 4.39 Å². The maximum atomic E-state index is 13.0. The Morgan fingerprint density at radius 2 is 2.00 bits per heavy atom. The van der Waals surface area contributed by atoms with Crippen molar-refractivity contribution in [2.45, 2.75) is 16.5 Å². The normalized spacial score (nSPS) is 10.5. The zero-order chi connectivity index (χ0) is 12.1. The van der Waals surface area contributed by atoms with Crippen molar-refractivity contribution in [3.8, 4) is 0 Å². The van der Waals surface area contributed by atoms with Crippen LogP contribution in [0.3, 0.4) is 0 Å². The van der Waals surface area contributed by atoms with Crippen molar-refractivity contribution in [1.82, 2.24) is 9.97 Å². The van der Waals surface area contributed by atoms with Crippen molar-refractivity contribution >= 4 is 11.8 Å². The van der Waals surface area contributed by atoms with Crippen LogP contribution in [0.15, 0.2) is 46.7 Å². The second kappa shape index (κ2) is 5.75. The van der Waals surface area contributed by atoms with Gasteiger partial charge in [0.15, 0.2) is 5.16 Å². The number of nitrogens with zero attached hydrogens (tertiary/aromatic N) is 2. The molecule has 1 aromatic heterocycles. The summed E-state index contributed by atoms with van der Waals surface area (Å²) in [4.78, 5) is 9.18. The highest BCUT2D eigenvalue weighted by Crippen LogP contribution is 2.24. The number of halogens is 1. The molecule has 0 saturated carbocycles. The van der Waals surface area contributed by atoms with Gasteiger partial charge in [-0.25, -0.2) is 14.4 Å². The molecule has 0 amide bonds. The van der Waals surface area contributed by atoms with Gasteiger partial charge in [-0.05, 0) is 48.5 Å². The van der Waals surface area contributed by atoms with Crippen LogP contribution in [0.5, 0.6) is 0 Å². The standard InChI is InChI=1S/C12H12FN3S/c13-10-2-1-3-11(6-10)17-12-15-7-9(4-5-14)8-16-12/h1-3,6-8H,4-5,14H2. The van der Waals surface area contributed by atoms with E-state index < -0.39 is 0 Å². The Kier molecular flexibility index (Phi) is 4.06. The van der Waals surface area contributed by atoms with Gasteiger partial charge < -0.3 is 5.73 Å². The van der Waals surface area contributed by atoms with Crippen molar-refractivity contribution in [3.63, 3.8) is 0 Å². The van der Waals surface area contributed by atoms with E-state index in [0.29, 0.717) is 11.7 Å². The lowest BCUT2D eigenvalue weighted by atomic mass is 10.2. The molecule has 1 aromatic carbocycles. The second-order valence-corrected chi connectivity index (χ2v) is 4.51. The van der Waals surface area contributed by atoms with E-state index in [-0.39, 0.29) is 5.82 Å². The Labute approximate surface area is 103 Å². The third kappa shape index (κ3) is 3.51. The highest BCUT2D eigenvalue weighted by atomic mass is 32.2. The van der Waals surface area contributed by atoms with Crippen LogP contribution < -0.4 is 5.73 Å². The molecule has 0 aliphatic rings. The molecule has 0 bridgehead atoms. The number of benzene rings is 1. The van der Waals surface area contributed by atoms with Gasteiger partial charge in [-0.1, -0.05) is 6.07 Å². The molecule has 0 atom stereocenters. The minimum atomic E-state index is -0.255. The SMILES string of the molecule is NCCc1cnc(Sc2cccc(F)c2)nc1. The minimum absolute atomic E-state index is 0.255. The van der Waals surface area contributed by atoms with E-state index in [1.165, 1.54) is 23.9 Å². The van der Waals surface area contributed by atoms with Crippen LogP contribution in [0.25, 0.3) is 0 Å². The zero-order valence-corrected chi connectivity index (χ0v) is 9.95. The Morgan fingerprint density at radius 1 is 1.24 bits per heavy atom. The minimum Gasteiger partial charge on any atom is -0.330 e. The van der Waals surface area contributed by atoms with Crippen LogP contribution in [-0.4, -0.2) is 16.5 Å². The van der Waals surface area contributed by atoms with E-state index in [2.05, 4.69) is 9.97 Å². The number of hydrogen-bond acceptors (Lipinski definition) is 4. The highest BCUT2D eigenvalue weighted by molar-refractivity contribution is 7.99. The summed E-state index contributed by atoms with van der Waals surface area (Å²) >= 11 is 1.34. The fraction of sp³-hybridized carbons (Fsp3) is 0.167. The van der Waals surface area contributed by atoms with Crippen LogP contribution in [-0.2, 0) is 6.42 Å². The molecule has 0 saturated heterocycles. The van der Waals surface area contributed by atoms with E-state index in [9.17, 15) is 4.39 Å². The van der Waals surface area contributed by atoms with Gasteiger partial charge in [0.05, 0.1) is 0 Å². The fourth-order valence-corrected chi connectivity index (χ4v) is 2.07. The Bertz CT molecular complexity index is 487. The number of rotatable bonds is 4. The van der Waals surface area contributed by atoms with Crippen molar-refractivity contribution in [2.75, 3.05) is 6.54 Å². The van der Waals surface area contributed by atoms with Gasteiger partial charge in [0.1, 0.15) is 5.82 Å². The summed E-state index contributed by atoms with van der Waals surface area (Å²) in [7, 11) is 0. The molecule has 3 nitrogen and oxygen atoms in total. The van der Waals surface area contributed by atoms with E-state index >= 15 is 0 Å². The van der Waals surface area contributed by atoms with Crippen LogP contribution in [0.2, 0.25) is 0 Å². The van der Waals surface area contributed by atoms with Crippen molar-refractivity contribution in [1.29, 1.82) is 0 Å². The predicted octanol–water partition coefficient (Wildman–Crippen LogP) is 2.27. The van der Waals surface area contributed by atoms with Crippen LogP contribution in [0, 0.1) is 5.82 Å². The highest BCUT2D eigenvalue weighted by Gasteiger charge is 2.01. The molecular formula is C12H12FN3S. The van der Waals surface area contributed by atoms with Gasteiger partial charge in [0.25, 0.3) is 0 Å². The number of nitrogens with two attached hydrogens (primary N) is 1. The third-order valence-corrected chi connectivity index (χ3v) is 3.00. The number of hydrogen-bond donors (Lipinski definition) is 1. The molecule has 5 heteroatoms. The molecule has 0 radical (unpaired) electrons. The summed E-state index contributed by atoms with van der Waals surface area (Å²) < 4.78 is 13.0. The smallest absolute Gasteiger partial charge is 0.192 e. The average Bonchev–Trinajstić information content (AvgIpc) is 2.32. The Balaban J connectivity index is 2.08. The van der Waals surface area contributed by atoms with Gasteiger partial charge in [0, 0.05) is 17.3 Å². The number of aromatic nitrogens is 2. The predicted molar refractivity (Wildman–Crippen MR) is 65.3 cm³/mol. The molecule has 0 spiro atoms. The summed E-state index contributed by atoms with van der Waals surface area (Å²) in [5, 5.41) is 0.608. The third-order valence-electron chi connectivity index (χ3n) is 2.12.